The van der Waals surface area contributed by atoms with Crippen molar-refractivity contribution in [2.24, 2.45) is 5.92 Å². The maximum atomic E-state index is 3.96. The lowest BCUT2D eigenvalue weighted by Crippen LogP contribution is -2.15. The first-order valence-corrected chi connectivity index (χ1v) is 5.09. The van der Waals surface area contributed by atoms with Crippen LogP contribution in [-0.4, -0.2) is 16.5 Å². The highest BCUT2D eigenvalue weighted by Gasteiger charge is 2.08. The zero-order valence-corrected chi connectivity index (χ0v) is 8.19. The van der Waals surface area contributed by atoms with E-state index in [0.29, 0.717) is 0 Å². The number of aromatic nitrogens is 2. The zero-order valence-electron chi connectivity index (χ0n) is 8.19. The molecule has 1 heterocycles. The van der Waals surface area contributed by atoms with Crippen molar-refractivity contribution >= 4 is 5.69 Å². The summed E-state index contributed by atoms with van der Waals surface area (Å²) in [4.78, 5) is 7.92. The molecule has 3 heteroatoms. The van der Waals surface area contributed by atoms with Crippen LogP contribution in [0.2, 0.25) is 0 Å². The summed E-state index contributed by atoms with van der Waals surface area (Å²) in [5.74, 6) is 0.764. The van der Waals surface area contributed by atoms with Crippen LogP contribution in [0.1, 0.15) is 19.3 Å². The zero-order chi connectivity index (χ0) is 9.64. The van der Waals surface area contributed by atoms with Crippen LogP contribution in [0.4, 0.5) is 5.69 Å². The predicted molar refractivity (Wildman–Crippen MR) is 57.0 cm³/mol. The van der Waals surface area contributed by atoms with Crippen LogP contribution >= 0.6 is 0 Å². The summed E-state index contributed by atoms with van der Waals surface area (Å²) >= 11 is 0. The molecular weight excluding hydrogens is 174 g/mol. The molecule has 0 aliphatic heterocycles. The van der Waals surface area contributed by atoms with Crippen molar-refractivity contribution in [3.8, 4) is 0 Å². The molecule has 0 saturated carbocycles. The van der Waals surface area contributed by atoms with Crippen LogP contribution in [0.25, 0.3) is 0 Å². The topological polar surface area (TPSA) is 37.8 Å². The van der Waals surface area contributed by atoms with Gasteiger partial charge in [-0.05, 0) is 25.2 Å². The minimum atomic E-state index is 0.764. The molecule has 14 heavy (non-hydrogen) atoms. The number of anilines is 1. The van der Waals surface area contributed by atoms with E-state index in [4.69, 9.17) is 0 Å². The molecule has 0 spiro atoms. The minimum Gasteiger partial charge on any atom is -0.382 e. The van der Waals surface area contributed by atoms with Crippen LogP contribution in [0.3, 0.4) is 0 Å². The Hall–Kier alpha value is -1.38. The smallest absolute Gasteiger partial charge is 0.115 e. The number of nitrogens with one attached hydrogen (secondary N) is 1. The van der Waals surface area contributed by atoms with E-state index in [1.807, 2.05) is 12.4 Å². The van der Waals surface area contributed by atoms with Crippen molar-refractivity contribution in [3.63, 3.8) is 0 Å². The Balaban J connectivity index is 1.80. The molecule has 0 aromatic carbocycles. The Morgan fingerprint density at radius 1 is 1.29 bits per heavy atom. The van der Waals surface area contributed by atoms with Crippen LogP contribution < -0.4 is 5.32 Å². The Kier molecular flexibility index (Phi) is 3.11. The SMILES string of the molecule is C1=CCC(CNc2cncnc2)CC1. The van der Waals surface area contributed by atoms with Gasteiger partial charge in [-0.3, -0.25) is 0 Å². The van der Waals surface area contributed by atoms with Crippen LogP contribution in [0.15, 0.2) is 30.9 Å². The van der Waals surface area contributed by atoms with Gasteiger partial charge < -0.3 is 5.32 Å². The summed E-state index contributed by atoms with van der Waals surface area (Å²) in [7, 11) is 0. The van der Waals surface area contributed by atoms with Gasteiger partial charge in [-0.25, -0.2) is 9.97 Å². The first-order valence-electron chi connectivity index (χ1n) is 5.09. The van der Waals surface area contributed by atoms with Crippen LogP contribution in [-0.2, 0) is 0 Å². The van der Waals surface area contributed by atoms with Crippen molar-refractivity contribution in [3.05, 3.63) is 30.9 Å². The van der Waals surface area contributed by atoms with E-state index in [9.17, 15) is 0 Å². The van der Waals surface area contributed by atoms with Crippen molar-refractivity contribution in [1.29, 1.82) is 0 Å². The van der Waals surface area contributed by atoms with Gasteiger partial charge in [-0.15, -0.1) is 0 Å². The van der Waals surface area contributed by atoms with Gasteiger partial charge >= 0.3 is 0 Å². The Labute approximate surface area is 84.3 Å². The molecule has 2 rings (SSSR count). The Bertz CT molecular complexity index is 295. The molecule has 0 radical (unpaired) electrons. The van der Waals surface area contributed by atoms with Crippen molar-refractivity contribution < 1.29 is 0 Å². The number of nitrogens with zero attached hydrogens (tertiary/aromatic N) is 2. The van der Waals surface area contributed by atoms with E-state index in [2.05, 4.69) is 27.4 Å². The molecule has 1 aromatic rings. The van der Waals surface area contributed by atoms with Gasteiger partial charge in [0.1, 0.15) is 6.33 Å². The molecular formula is C11H15N3. The van der Waals surface area contributed by atoms with Gasteiger partial charge in [0, 0.05) is 6.54 Å². The second kappa shape index (κ2) is 4.74. The lowest BCUT2D eigenvalue weighted by molar-refractivity contribution is 0.504. The maximum Gasteiger partial charge on any atom is 0.115 e. The third-order valence-corrected chi connectivity index (χ3v) is 2.53. The molecule has 1 aliphatic rings. The average molecular weight is 189 g/mol. The summed E-state index contributed by atoms with van der Waals surface area (Å²) in [5, 5.41) is 3.36. The fourth-order valence-corrected chi connectivity index (χ4v) is 1.69. The monoisotopic (exact) mass is 189 g/mol. The number of hydrogen-bond donors (Lipinski definition) is 1. The molecule has 0 amide bonds. The molecule has 1 aliphatic carbocycles. The molecule has 1 unspecified atom stereocenters. The molecule has 3 nitrogen and oxygen atoms in total. The Morgan fingerprint density at radius 2 is 2.14 bits per heavy atom. The molecule has 1 aromatic heterocycles. The minimum absolute atomic E-state index is 0.764. The number of rotatable bonds is 3. The standard InChI is InChI=1S/C11H15N3/c1-2-4-10(5-3-1)6-14-11-7-12-9-13-8-11/h1-2,7-10,14H,3-6H2. The summed E-state index contributed by atoms with van der Waals surface area (Å²) < 4.78 is 0. The molecule has 0 saturated heterocycles. The van der Waals surface area contributed by atoms with Gasteiger partial charge in [-0.1, -0.05) is 12.2 Å². The van der Waals surface area contributed by atoms with Gasteiger partial charge in [0.25, 0.3) is 0 Å². The lowest BCUT2D eigenvalue weighted by atomic mass is 9.94. The first-order chi connectivity index (χ1) is 6.95. The quantitative estimate of drug-likeness (QED) is 0.741. The maximum absolute atomic E-state index is 3.96. The van der Waals surface area contributed by atoms with Gasteiger partial charge in [0.15, 0.2) is 0 Å². The normalized spacial score (nSPS) is 20.7. The molecule has 0 fully saturated rings. The molecule has 1 atom stereocenters. The van der Waals surface area contributed by atoms with Crippen LogP contribution in [0, 0.1) is 5.92 Å². The summed E-state index contributed by atoms with van der Waals surface area (Å²) in [6, 6.07) is 0. The van der Waals surface area contributed by atoms with Crippen molar-refractivity contribution in [1.82, 2.24) is 9.97 Å². The van der Waals surface area contributed by atoms with E-state index in [-0.39, 0.29) is 0 Å². The van der Waals surface area contributed by atoms with E-state index in [1.165, 1.54) is 19.3 Å². The lowest BCUT2D eigenvalue weighted by Gasteiger charge is -2.18. The second-order valence-corrected chi connectivity index (χ2v) is 3.66. The van der Waals surface area contributed by atoms with Crippen LogP contribution in [0.5, 0.6) is 0 Å². The highest BCUT2D eigenvalue weighted by Crippen LogP contribution is 2.18. The number of allylic oxidation sites excluding steroid dienone is 2. The third-order valence-electron chi connectivity index (χ3n) is 2.53. The van der Waals surface area contributed by atoms with Gasteiger partial charge in [0.05, 0.1) is 18.1 Å². The largest absolute Gasteiger partial charge is 0.382 e. The summed E-state index contributed by atoms with van der Waals surface area (Å²) in [5.41, 5.74) is 1.02. The van der Waals surface area contributed by atoms with E-state index in [0.717, 1.165) is 18.2 Å². The Morgan fingerprint density at radius 3 is 2.86 bits per heavy atom. The van der Waals surface area contributed by atoms with E-state index >= 15 is 0 Å². The van der Waals surface area contributed by atoms with Gasteiger partial charge in [0.2, 0.25) is 0 Å². The average Bonchev–Trinajstić information content (AvgIpc) is 2.29. The highest BCUT2D eigenvalue weighted by atomic mass is 14.9. The molecule has 1 N–H and O–H groups in total. The van der Waals surface area contributed by atoms with Crippen molar-refractivity contribution in [2.75, 3.05) is 11.9 Å². The summed E-state index contributed by atoms with van der Waals surface area (Å²) in [6.07, 6.45) is 13.4. The fourth-order valence-electron chi connectivity index (χ4n) is 1.69. The summed E-state index contributed by atoms with van der Waals surface area (Å²) in [6.45, 7) is 1.03. The second-order valence-electron chi connectivity index (χ2n) is 3.66. The fraction of sp³-hybridized carbons (Fsp3) is 0.455. The molecule has 74 valence electrons. The number of hydrogen-bond acceptors (Lipinski definition) is 3. The first kappa shape index (κ1) is 9.19. The van der Waals surface area contributed by atoms with Crippen molar-refractivity contribution in [2.45, 2.75) is 19.3 Å². The predicted octanol–water partition coefficient (Wildman–Crippen LogP) is 2.24. The van der Waals surface area contributed by atoms with E-state index < -0.39 is 0 Å². The van der Waals surface area contributed by atoms with E-state index in [1.54, 1.807) is 6.33 Å². The molecule has 0 bridgehead atoms. The third kappa shape index (κ3) is 2.55. The highest BCUT2D eigenvalue weighted by molar-refractivity contribution is 5.36. The van der Waals surface area contributed by atoms with Gasteiger partial charge in [-0.2, -0.15) is 0 Å².